The Kier molecular flexibility index (Phi) is 3.93. The normalized spacial score (nSPS) is 10.6. The number of aromatic nitrogens is 2. The van der Waals surface area contributed by atoms with E-state index in [1.54, 1.807) is 0 Å². The van der Waals surface area contributed by atoms with Gasteiger partial charge in [-0.1, -0.05) is 24.3 Å². The highest BCUT2D eigenvalue weighted by Gasteiger charge is 2.11. The zero-order chi connectivity index (χ0) is 16.4. The third-order valence-corrected chi connectivity index (χ3v) is 3.45. The van der Waals surface area contributed by atoms with Gasteiger partial charge in [0, 0.05) is 37.7 Å². The van der Waals surface area contributed by atoms with Crippen LogP contribution in [0.4, 0.5) is 11.5 Å². The summed E-state index contributed by atoms with van der Waals surface area (Å²) in [5.74, 6) is 1.41. The van der Waals surface area contributed by atoms with Crippen molar-refractivity contribution >= 4 is 28.3 Å². The number of para-hydroxylation sites is 1. The van der Waals surface area contributed by atoms with E-state index in [2.05, 4.69) is 10.3 Å². The fourth-order valence-electron chi connectivity index (χ4n) is 2.47. The number of carbonyl (C=O) groups excluding carboxylic acids is 1. The standard InChI is InChI=1S/C18H18N4O/c1-12(23)19-14-8-6-7-13(11-14)17-20-16-10-5-4-9-15(16)18(21-17)22(2)3/h4-11H,1-3H3,(H,19,23). The molecule has 0 aliphatic carbocycles. The van der Waals surface area contributed by atoms with Gasteiger partial charge in [0.05, 0.1) is 5.52 Å². The van der Waals surface area contributed by atoms with Crippen molar-refractivity contribution < 1.29 is 4.79 Å². The van der Waals surface area contributed by atoms with Crippen LogP contribution >= 0.6 is 0 Å². The maximum atomic E-state index is 11.2. The van der Waals surface area contributed by atoms with Gasteiger partial charge in [-0.3, -0.25) is 4.79 Å². The highest BCUT2D eigenvalue weighted by Crippen LogP contribution is 2.27. The van der Waals surface area contributed by atoms with E-state index in [1.165, 1.54) is 6.92 Å². The summed E-state index contributed by atoms with van der Waals surface area (Å²) < 4.78 is 0. The van der Waals surface area contributed by atoms with Crippen LogP contribution in [0.15, 0.2) is 48.5 Å². The molecule has 3 aromatic rings. The smallest absolute Gasteiger partial charge is 0.221 e. The van der Waals surface area contributed by atoms with Crippen LogP contribution in [0.3, 0.4) is 0 Å². The Labute approximate surface area is 135 Å². The van der Waals surface area contributed by atoms with Crippen LogP contribution in [0.1, 0.15) is 6.92 Å². The highest BCUT2D eigenvalue weighted by molar-refractivity contribution is 5.92. The van der Waals surface area contributed by atoms with Crippen LogP contribution in [0.5, 0.6) is 0 Å². The van der Waals surface area contributed by atoms with Crippen LogP contribution in [-0.2, 0) is 4.79 Å². The highest BCUT2D eigenvalue weighted by atomic mass is 16.1. The summed E-state index contributed by atoms with van der Waals surface area (Å²) >= 11 is 0. The SMILES string of the molecule is CC(=O)Nc1cccc(-c2nc(N(C)C)c3ccccc3n2)c1. The molecule has 0 unspecified atom stereocenters. The van der Waals surface area contributed by atoms with Crippen molar-refractivity contribution in [3.63, 3.8) is 0 Å². The van der Waals surface area contributed by atoms with E-state index in [0.29, 0.717) is 5.82 Å². The molecule has 0 atom stereocenters. The molecule has 116 valence electrons. The first kappa shape index (κ1) is 15.0. The topological polar surface area (TPSA) is 58.1 Å². The van der Waals surface area contributed by atoms with Gasteiger partial charge in [-0.15, -0.1) is 0 Å². The average Bonchev–Trinajstić information content (AvgIpc) is 2.53. The maximum Gasteiger partial charge on any atom is 0.221 e. The molecule has 2 aromatic carbocycles. The largest absolute Gasteiger partial charge is 0.362 e. The van der Waals surface area contributed by atoms with E-state index in [-0.39, 0.29) is 5.91 Å². The number of rotatable bonds is 3. The minimum absolute atomic E-state index is 0.101. The molecular weight excluding hydrogens is 288 g/mol. The summed E-state index contributed by atoms with van der Waals surface area (Å²) in [4.78, 5) is 22.6. The lowest BCUT2D eigenvalue weighted by Crippen LogP contribution is -2.12. The second kappa shape index (κ2) is 6.04. The van der Waals surface area contributed by atoms with Crippen molar-refractivity contribution in [2.45, 2.75) is 6.92 Å². The quantitative estimate of drug-likeness (QED) is 0.806. The van der Waals surface area contributed by atoms with Gasteiger partial charge in [0.2, 0.25) is 5.91 Å². The Hall–Kier alpha value is -2.95. The molecular formula is C18H18N4O. The lowest BCUT2D eigenvalue weighted by atomic mass is 10.1. The fraction of sp³-hybridized carbons (Fsp3) is 0.167. The van der Waals surface area contributed by atoms with E-state index < -0.39 is 0 Å². The summed E-state index contributed by atoms with van der Waals surface area (Å²) in [7, 11) is 3.93. The molecule has 0 aliphatic heterocycles. The number of anilines is 2. The van der Waals surface area contributed by atoms with Crippen LogP contribution < -0.4 is 10.2 Å². The molecule has 0 radical (unpaired) electrons. The average molecular weight is 306 g/mol. The number of amides is 1. The minimum Gasteiger partial charge on any atom is -0.362 e. The van der Waals surface area contributed by atoms with Crippen molar-refractivity contribution in [1.82, 2.24) is 9.97 Å². The number of nitrogens with zero attached hydrogens (tertiary/aromatic N) is 3. The zero-order valence-corrected chi connectivity index (χ0v) is 13.4. The summed E-state index contributed by atoms with van der Waals surface area (Å²) in [6.45, 7) is 1.49. The Bertz CT molecular complexity index is 874. The predicted octanol–water partition coefficient (Wildman–Crippen LogP) is 3.32. The van der Waals surface area contributed by atoms with Gasteiger partial charge in [-0.2, -0.15) is 0 Å². The Morgan fingerprint density at radius 3 is 2.57 bits per heavy atom. The van der Waals surface area contributed by atoms with E-state index in [1.807, 2.05) is 67.5 Å². The number of nitrogens with one attached hydrogen (secondary N) is 1. The molecule has 23 heavy (non-hydrogen) atoms. The van der Waals surface area contributed by atoms with Gasteiger partial charge in [0.15, 0.2) is 5.82 Å². The molecule has 0 saturated heterocycles. The second-order valence-electron chi connectivity index (χ2n) is 5.54. The molecule has 5 heteroatoms. The number of benzene rings is 2. The van der Waals surface area contributed by atoms with Crippen LogP contribution in [0.25, 0.3) is 22.3 Å². The zero-order valence-electron chi connectivity index (χ0n) is 13.4. The summed E-state index contributed by atoms with van der Waals surface area (Å²) in [5, 5.41) is 3.80. The van der Waals surface area contributed by atoms with E-state index >= 15 is 0 Å². The number of hydrogen-bond donors (Lipinski definition) is 1. The van der Waals surface area contributed by atoms with Crippen molar-refractivity contribution in [1.29, 1.82) is 0 Å². The molecule has 3 rings (SSSR count). The van der Waals surface area contributed by atoms with Crippen LogP contribution in [0.2, 0.25) is 0 Å². The Balaban J connectivity index is 2.15. The molecule has 0 bridgehead atoms. The summed E-state index contributed by atoms with van der Waals surface area (Å²) in [6.07, 6.45) is 0. The Morgan fingerprint density at radius 1 is 1.04 bits per heavy atom. The van der Waals surface area contributed by atoms with Gasteiger partial charge < -0.3 is 10.2 Å². The van der Waals surface area contributed by atoms with E-state index in [0.717, 1.165) is 28.0 Å². The van der Waals surface area contributed by atoms with Crippen molar-refractivity contribution in [2.24, 2.45) is 0 Å². The number of fused-ring (bicyclic) bond motifs is 1. The van der Waals surface area contributed by atoms with E-state index in [4.69, 9.17) is 4.98 Å². The number of hydrogen-bond acceptors (Lipinski definition) is 4. The second-order valence-corrected chi connectivity index (χ2v) is 5.54. The molecule has 1 N–H and O–H groups in total. The molecule has 0 aliphatic rings. The minimum atomic E-state index is -0.101. The first-order valence-corrected chi connectivity index (χ1v) is 7.37. The van der Waals surface area contributed by atoms with Gasteiger partial charge >= 0.3 is 0 Å². The van der Waals surface area contributed by atoms with E-state index in [9.17, 15) is 4.79 Å². The molecule has 1 aromatic heterocycles. The molecule has 0 saturated carbocycles. The van der Waals surface area contributed by atoms with Crippen molar-refractivity contribution in [3.8, 4) is 11.4 Å². The van der Waals surface area contributed by atoms with Gasteiger partial charge in [0.1, 0.15) is 5.82 Å². The first-order chi connectivity index (χ1) is 11.0. The summed E-state index contributed by atoms with van der Waals surface area (Å²) in [6, 6.07) is 15.5. The lowest BCUT2D eigenvalue weighted by molar-refractivity contribution is -0.114. The lowest BCUT2D eigenvalue weighted by Gasteiger charge is -2.15. The van der Waals surface area contributed by atoms with Gasteiger partial charge in [-0.25, -0.2) is 9.97 Å². The monoisotopic (exact) mass is 306 g/mol. The predicted molar refractivity (Wildman–Crippen MR) is 93.6 cm³/mol. The third kappa shape index (κ3) is 3.13. The summed E-state index contributed by atoms with van der Waals surface area (Å²) in [5.41, 5.74) is 2.49. The first-order valence-electron chi connectivity index (χ1n) is 7.37. The van der Waals surface area contributed by atoms with Crippen LogP contribution in [-0.4, -0.2) is 30.0 Å². The van der Waals surface area contributed by atoms with Crippen molar-refractivity contribution in [3.05, 3.63) is 48.5 Å². The van der Waals surface area contributed by atoms with Gasteiger partial charge in [0.25, 0.3) is 0 Å². The molecule has 1 heterocycles. The molecule has 0 spiro atoms. The molecule has 0 fully saturated rings. The molecule has 1 amide bonds. The van der Waals surface area contributed by atoms with Crippen molar-refractivity contribution in [2.75, 3.05) is 24.3 Å². The molecule has 5 nitrogen and oxygen atoms in total. The fourth-order valence-corrected chi connectivity index (χ4v) is 2.47. The van der Waals surface area contributed by atoms with Gasteiger partial charge in [-0.05, 0) is 24.3 Å². The number of carbonyl (C=O) groups is 1. The Morgan fingerprint density at radius 2 is 1.83 bits per heavy atom. The van der Waals surface area contributed by atoms with Crippen LogP contribution in [0, 0.1) is 0 Å². The third-order valence-electron chi connectivity index (χ3n) is 3.45. The maximum absolute atomic E-state index is 11.2.